The minimum Gasteiger partial charge on any atom is -0.391 e. The van der Waals surface area contributed by atoms with Crippen LogP contribution in [0.15, 0.2) is 12.1 Å². The predicted octanol–water partition coefficient (Wildman–Crippen LogP) is 2.08. The largest absolute Gasteiger partial charge is 0.391 e. The third-order valence-electron chi connectivity index (χ3n) is 3.29. The maximum Gasteiger partial charge on any atom is 0.294 e. The summed E-state index contributed by atoms with van der Waals surface area (Å²) in [4.78, 5) is 17.1. The Labute approximate surface area is 113 Å². The van der Waals surface area contributed by atoms with Gasteiger partial charge in [-0.3, -0.25) is 10.1 Å². The van der Waals surface area contributed by atoms with Crippen molar-refractivity contribution in [3.05, 3.63) is 27.3 Å². The van der Waals surface area contributed by atoms with Crippen LogP contribution in [0.2, 0.25) is 0 Å². The molecule has 7 heteroatoms. The van der Waals surface area contributed by atoms with Crippen molar-refractivity contribution >= 4 is 32.9 Å². The molecule has 3 rings (SSSR count). The van der Waals surface area contributed by atoms with Gasteiger partial charge in [0, 0.05) is 19.2 Å². The van der Waals surface area contributed by atoms with Gasteiger partial charge in [-0.25, -0.2) is 4.98 Å². The van der Waals surface area contributed by atoms with E-state index in [4.69, 9.17) is 0 Å². The van der Waals surface area contributed by atoms with Crippen molar-refractivity contribution in [2.45, 2.75) is 19.4 Å². The van der Waals surface area contributed by atoms with Crippen LogP contribution in [0.1, 0.15) is 11.4 Å². The van der Waals surface area contributed by atoms with Gasteiger partial charge in [-0.1, -0.05) is 0 Å². The van der Waals surface area contributed by atoms with Crippen molar-refractivity contribution in [3.63, 3.8) is 0 Å². The molecule has 0 spiro atoms. The van der Waals surface area contributed by atoms with E-state index in [0.29, 0.717) is 25.2 Å². The fourth-order valence-corrected chi connectivity index (χ4v) is 3.27. The Bertz CT molecular complexity index is 655. The first-order chi connectivity index (χ1) is 9.04. The molecule has 1 saturated heterocycles. The second-order valence-electron chi connectivity index (χ2n) is 4.69. The Morgan fingerprint density at radius 3 is 3.00 bits per heavy atom. The number of hydrogen-bond acceptors (Lipinski definition) is 6. The van der Waals surface area contributed by atoms with Gasteiger partial charge in [-0.15, -0.1) is 11.3 Å². The lowest BCUT2D eigenvalue weighted by atomic mass is 10.2. The Morgan fingerprint density at radius 1 is 1.58 bits per heavy atom. The van der Waals surface area contributed by atoms with Gasteiger partial charge < -0.3 is 10.0 Å². The summed E-state index contributed by atoms with van der Waals surface area (Å²) in [7, 11) is 0. The molecule has 0 unspecified atom stereocenters. The normalized spacial score (nSPS) is 19.3. The SMILES string of the molecule is Cc1nc2cc(N3CC[C@@H](O)C3)c([N+](=O)[O-])cc2s1. The van der Waals surface area contributed by atoms with Crippen molar-refractivity contribution in [2.75, 3.05) is 18.0 Å². The van der Waals surface area contributed by atoms with Crippen LogP contribution in [-0.4, -0.2) is 34.2 Å². The van der Waals surface area contributed by atoms with Gasteiger partial charge in [0.25, 0.3) is 5.69 Å². The van der Waals surface area contributed by atoms with Crippen LogP contribution >= 0.6 is 11.3 Å². The molecule has 0 amide bonds. The fourth-order valence-electron chi connectivity index (χ4n) is 2.43. The number of thiazole rings is 1. The number of anilines is 1. The maximum absolute atomic E-state index is 11.2. The van der Waals surface area contributed by atoms with E-state index in [2.05, 4.69) is 4.98 Å². The van der Waals surface area contributed by atoms with Crippen LogP contribution in [0.4, 0.5) is 11.4 Å². The van der Waals surface area contributed by atoms with E-state index in [-0.39, 0.29) is 10.6 Å². The number of rotatable bonds is 2. The Balaban J connectivity index is 2.14. The summed E-state index contributed by atoms with van der Waals surface area (Å²) >= 11 is 1.45. The summed E-state index contributed by atoms with van der Waals surface area (Å²) in [6.07, 6.45) is 0.234. The number of aliphatic hydroxyl groups excluding tert-OH is 1. The zero-order valence-electron chi connectivity index (χ0n) is 10.4. The molecule has 1 aliphatic heterocycles. The van der Waals surface area contributed by atoms with E-state index in [0.717, 1.165) is 15.2 Å². The average molecular weight is 279 g/mol. The Hall–Kier alpha value is -1.73. The molecule has 1 fully saturated rings. The van der Waals surface area contributed by atoms with E-state index in [1.54, 1.807) is 12.1 Å². The molecular formula is C12H13N3O3S. The second-order valence-corrected chi connectivity index (χ2v) is 5.92. The van der Waals surface area contributed by atoms with Gasteiger partial charge in [0.1, 0.15) is 5.69 Å². The highest BCUT2D eigenvalue weighted by molar-refractivity contribution is 7.18. The standard InChI is InChI=1S/C12H13N3O3S/c1-7-13-9-4-10(14-3-2-8(16)6-14)11(15(17)18)5-12(9)19-7/h4-5,8,16H,2-3,6H2,1H3/t8-/m1/s1. The fraction of sp³-hybridized carbons (Fsp3) is 0.417. The quantitative estimate of drug-likeness (QED) is 0.672. The molecule has 1 aromatic carbocycles. The third kappa shape index (κ3) is 2.15. The molecule has 0 radical (unpaired) electrons. The molecule has 0 aliphatic carbocycles. The average Bonchev–Trinajstić information content (AvgIpc) is 2.91. The monoisotopic (exact) mass is 279 g/mol. The molecule has 1 atom stereocenters. The molecule has 2 aromatic rings. The van der Waals surface area contributed by atoms with E-state index in [1.165, 1.54) is 11.3 Å². The lowest BCUT2D eigenvalue weighted by Gasteiger charge is -2.17. The molecule has 1 aliphatic rings. The predicted molar refractivity (Wildman–Crippen MR) is 73.8 cm³/mol. The van der Waals surface area contributed by atoms with Crippen molar-refractivity contribution in [1.82, 2.24) is 4.98 Å². The number of aryl methyl sites for hydroxylation is 1. The van der Waals surface area contributed by atoms with Gasteiger partial charge in [0.2, 0.25) is 0 Å². The summed E-state index contributed by atoms with van der Waals surface area (Å²) in [5.74, 6) is 0. The molecule has 6 nitrogen and oxygen atoms in total. The first-order valence-electron chi connectivity index (χ1n) is 6.03. The van der Waals surface area contributed by atoms with E-state index in [1.807, 2.05) is 11.8 Å². The topological polar surface area (TPSA) is 79.5 Å². The Morgan fingerprint density at radius 2 is 2.37 bits per heavy atom. The first kappa shape index (κ1) is 12.3. The molecule has 1 N–H and O–H groups in total. The number of nitrogens with zero attached hydrogens (tertiary/aromatic N) is 3. The first-order valence-corrected chi connectivity index (χ1v) is 6.85. The molecule has 19 heavy (non-hydrogen) atoms. The highest BCUT2D eigenvalue weighted by atomic mass is 32.1. The van der Waals surface area contributed by atoms with E-state index >= 15 is 0 Å². The van der Waals surface area contributed by atoms with Crippen molar-refractivity contribution in [3.8, 4) is 0 Å². The zero-order valence-corrected chi connectivity index (χ0v) is 11.2. The highest BCUT2D eigenvalue weighted by Crippen LogP contribution is 2.36. The number of hydrogen-bond donors (Lipinski definition) is 1. The summed E-state index contributed by atoms with van der Waals surface area (Å²) < 4.78 is 0.827. The summed E-state index contributed by atoms with van der Waals surface area (Å²) in [6, 6.07) is 3.34. The molecular weight excluding hydrogens is 266 g/mol. The van der Waals surface area contributed by atoms with Gasteiger partial charge in [-0.05, 0) is 19.4 Å². The lowest BCUT2D eigenvalue weighted by Crippen LogP contribution is -2.22. The minimum atomic E-state index is -0.410. The smallest absolute Gasteiger partial charge is 0.294 e. The molecule has 0 bridgehead atoms. The minimum absolute atomic E-state index is 0.0882. The third-order valence-corrected chi connectivity index (χ3v) is 4.23. The van der Waals surface area contributed by atoms with Crippen molar-refractivity contribution in [1.29, 1.82) is 0 Å². The van der Waals surface area contributed by atoms with Crippen LogP contribution in [0, 0.1) is 17.0 Å². The van der Waals surface area contributed by atoms with Crippen molar-refractivity contribution in [2.24, 2.45) is 0 Å². The summed E-state index contributed by atoms with van der Waals surface area (Å²) in [6.45, 7) is 2.96. The number of aliphatic hydroxyl groups is 1. The van der Waals surface area contributed by atoms with Gasteiger partial charge in [0.15, 0.2) is 0 Å². The number of benzene rings is 1. The summed E-state index contributed by atoms with van der Waals surface area (Å²) in [5, 5.41) is 21.7. The van der Waals surface area contributed by atoms with E-state index < -0.39 is 6.10 Å². The van der Waals surface area contributed by atoms with Crippen LogP contribution in [-0.2, 0) is 0 Å². The number of fused-ring (bicyclic) bond motifs is 1. The van der Waals surface area contributed by atoms with Gasteiger partial charge in [0.05, 0.1) is 26.3 Å². The molecule has 2 heterocycles. The van der Waals surface area contributed by atoms with Crippen LogP contribution in [0.25, 0.3) is 10.2 Å². The van der Waals surface area contributed by atoms with Crippen LogP contribution in [0.5, 0.6) is 0 Å². The summed E-state index contributed by atoms with van der Waals surface area (Å²) in [5.41, 5.74) is 1.43. The van der Waals surface area contributed by atoms with Gasteiger partial charge in [-0.2, -0.15) is 0 Å². The molecule has 100 valence electrons. The number of β-amino-alcohol motifs (C(OH)–C–C–N with tert-alkyl or cyclic N) is 1. The number of nitro groups is 1. The highest BCUT2D eigenvalue weighted by Gasteiger charge is 2.27. The maximum atomic E-state index is 11.2. The molecule has 0 saturated carbocycles. The number of nitro benzene ring substituents is 1. The molecule has 1 aromatic heterocycles. The van der Waals surface area contributed by atoms with E-state index in [9.17, 15) is 15.2 Å². The zero-order chi connectivity index (χ0) is 13.6. The van der Waals surface area contributed by atoms with Crippen LogP contribution in [0.3, 0.4) is 0 Å². The van der Waals surface area contributed by atoms with Crippen molar-refractivity contribution < 1.29 is 10.0 Å². The number of aromatic nitrogens is 1. The van der Waals surface area contributed by atoms with Crippen LogP contribution < -0.4 is 4.90 Å². The van der Waals surface area contributed by atoms with Gasteiger partial charge >= 0.3 is 0 Å². The Kier molecular flexibility index (Phi) is 2.87. The lowest BCUT2D eigenvalue weighted by molar-refractivity contribution is -0.384. The second kappa shape index (κ2) is 4.43.